The van der Waals surface area contributed by atoms with Crippen LogP contribution in [-0.2, 0) is 6.54 Å². The van der Waals surface area contributed by atoms with E-state index in [1.54, 1.807) is 11.0 Å². The van der Waals surface area contributed by atoms with Gasteiger partial charge >= 0.3 is 6.03 Å². The molecule has 0 saturated heterocycles. The fourth-order valence-electron chi connectivity index (χ4n) is 3.31. The number of hydrogen-bond donors (Lipinski definition) is 3. The lowest BCUT2D eigenvalue weighted by atomic mass is 9.87. The van der Waals surface area contributed by atoms with E-state index in [0.717, 1.165) is 31.2 Å². The average molecular weight is 343 g/mol. The summed E-state index contributed by atoms with van der Waals surface area (Å²) in [5.41, 5.74) is 1.03. The van der Waals surface area contributed by atoms with E-state index in [9.17, 15) is 9.90 Å². The summed E-state index contributed by atoms with van der Waals surface area (Å²) in [5, 5.41) is 19.5. The van der Waals surface area contributed by atoms with E-state index in [1.807, 2.05) is 30.3 Å². The molecule has 7 heteroatoms. The maximum atomic E-state index is 12.5. The number of carbonyl (C=O) groups is 1. The van der Waals surface area contributed by atoms with Crippen LogP contribution in [0, 0.1) is 5.92 Å². The number of rotatable bonds is 6. The van der Waals surface area contributed by atoms with Gasteiger partial charge in [-0.2, -0.15) is 5.10 Å². The summed E-state index contributed by atoms with van der Waals surface area (Å²) in [4.78, 5) is 16.4. The molecular weight excluding hydrogens is 318 g/mol. The molecule has 1 aliphatic carbocycles. The third kappa shape index (κ3) is 5.03. The molecule has 134 valence electrons. The number of aromatic nitrogens is 3. The van der Waals surface area contributed by atoms with E-state index in [4.69, 9.17) is 0 Å². The molecule has 1 aliphatic rings. The molecule has 1 fully saturated rings. The van der Waals surface area contributed by atoms with Gasteiger partial charge in [0, 0.05) is 12.6 Å². The summed E-state index contributed by atoms with van der Waals surface area (Å²) in [6, 6.07) is 9.68. The highest BCUT2D eigenvalue weighted by Crippen LogP contribution is 2.23. The topological polar surface area (TPSA) is 92.1 Å². The first-order valence-corrected chi connectivity index (χ1v) is 8.80. The van der Waals surface area contributed by atoms with Crippen LogP contribution in [0.25, 0.3) is 0 Å². The molecule has 2 amide bonds. The Bertz CT molecular complexity index is 639. The lowest BCUT2D eigenvalue weighted by Gasteiger charge is -2.29. The molecule has 0 radical (unpaired) electrons. The molecule has 0 bridgehead atoms. The molecule has 1 saturated carbocycles. The van der Waals surface area contributed by atoms with Crippen molar-refractivity contribution in [2.75, 3.05) is 6.61 Å². The molecule has 3 N–H and O–H groups in total. The first kappa shape index (κ1) is 17.4. The minimum atomic E-state index is -0.184. The van der Waals surface area contributed by atoms with Gasteiger partial charge in [-0.25, -0.2) is 9.78 Å². The highest BCUT2D eigenvalue weighted by Gasteiger charge is 2.23. The van der Waals surface area contributed by atoms with E-state index >= 15 is 0 Å². The van der Waals surface area contributed by atoms with E-state index < -0.39 is 0 Å². The molecule has 1 atom stereocenters. The van der Waals surface area contributed by atoms with Gasteiger partial charge in [0.05, 0.1) is 12.6 Å². The zero-order valence-corrected chi connectivity index (χ0v) is 14.2. The molecule has 3 rings (SSSR count). The number of urea groups is 1. The molecule has 0 aliphatic heterocycles. The second-order valence-electron chi connectivity index (χ2n) is 6.60. The van der Waals surface area contributed by atoms with E-state index in [-0.39, 0.29) is 24.7 Å². The van der Waals surface area contributed by atoms with Gasteiger partial charge in [0.1, 0.15) is 12.7 Å². The number of carbonyl (C=O) groups excluding carboxylic acids is 1. The molecular formula is C18H25N5O2. The summed E-state index contributed by atoms with van der Waals surface area (Å²) < 4.78 is 1.71. The first-order chi connectivity index (χ1) is 12.2. The first-order valence-electron chi connectivity index (χ1n) is 8.80. The minimum absolute atomic E-state index is 0.165. The molecule has 1 aromatic carbocycles. The molecule has 1 heterocycles. The molecule has 0 spiro atoms. The Morgan fingerprint density at radius 1 is 1.24 bits per heavy atom. The molecule has 1 unspecified atom stereocenters. The van der Waals surface area contributed by atoms with Crippen molar-refractivity contribution in [3.63, 3.8) is 0 Å². The summed E-state index contributed by atoms with van der Waals surface area (Å²) in [6.07, 6.45) is 6.88. The third-order valence-corrected chi connectivity index (χ3v) is 4.78. The SMILES string of the molecule is O=C(NC1CCC(CO)CC1)NC(Cn1cncn1)c1ccccc1. The molecule has 2 aromatic rings. The quantitative estimate of drug-likeness (QED) is 0.747. The Morgan fingerprint density at radius 2 is 2.00 bits per heavy atom. The molecule has 7 nitrogen and oxygen atoms in total. The van der Waals surface area contributed by atoms with Crippen LogP contribution in [0.5, 0.6) is 0 Å². The fourth-order valence-corrected chi connectivity index (χ4v) is 3.31. The zero-order chi connectivity index (χ0) is 17.5. The Balaban J connectivity index is 1.59. The number of hydrogen-bond acceptors (Lipinski definition) is 4. The van der Waals surface area contributed by atoms with Crippen LogP contribution in [0.3, 0.4) is 0 Å². The fraction of sp³-hybridized carbons (Fsp3) is 0.500. The van der Waals surface area contributed by atoms with Crippen LogP contribution in [0.4, 0.5) is 4.79 Å². The summed E-state index contributed by atoms with van der Waals surface area (Å²) in [5.74, 6) is 0.380. The van der Waals surface area contributed by atoms with Crippen molar-refractivity contribution >= 4 is 6.03 Å². The number of aliphatic hydroxyl groups excluding tert-OH is 1. The predicted molar refractivity (Wildman–Crippen MR) is 93.7 cm³/mol. The monoisotopic (exact) mass is 343 g/mol. The Hall–Kier alpha value is -2.41. The van der Waals surface area contributed by atoms with Gasteiger partial charge in [-0.1, -0.05) is 30.3 Å². The Morgan fingerprint density at radius 3 is 2.64 bits per heavy atom. The number of amides is 2. The molecule has 1 aromatic heterocycles. The summed E-state index contributed by atoms with van der Waals surface area (Å²) in [6.45, 7) is 0.765. The van der Waals surface area contributed by atoms with E-state index in [0.29, 0.717) is 12.5 Å². The van der Waals surface area contributed by atoms with Crippen molar-refractivity contribution in [3.05, 3.63) is 48.5 Å². The summed E-state index contributed by atoms with van der Waals surface area (Å²) >= 11 is 0. The number of nitrogens with zero attached hydrogens (tertiary/aromatic N) is 3. The number of aliphatic hydroxyl groups is 1. The third-order valence-electron chi connectivity index (χ3n) is 4.78. The second-order valence-corrected chi connectivity index (χ2v) is 6.60. The van der Waals surface area contributed by atoms with Crippen LogP contribution in [0.15, 0.2) is 43.0 Å². The van der Waals surface area contributed by atoms with Gasteiger partial charge in [-0.05, 0) is 37.2 Å². The van der Waals surface area contributed by atoms with Crippen molar-refractivity contribution < 1.29 is 9.90 Å². The zero-order valence-electron chi connectivity index (χ0n) is 14.2. The van der Waals surface area contributed by atoms with Gasteiger partial charge in [-0.15, -0.1) is 0 Å². The highest BCUT2D eigenvalue weighted by atomic mass is 16.3. The smallest absolute Gasteiger partial charge is 0.315 e. The van der Waals surface area contributed by atoms with Crippen molar-refractivity contribution in [1.82, 2.24) is 25.4 Å². The van der Waals surface area contributed by atoms with Crippen molar-refractivity contribution in [2.24, 2.45) is 5.92 Å². The maximum Gasteiger partial charge on any atom is 0.315 e. The average Bonchev–Trinajstić information content (AvgIpc) is 3.16. The predicted octanol–water partition coefficient (Wildman–Crippen LogP) is 1.87. The number of benzene rings is 1. The van der Waals surface area contributed by atoms with Crippen LogP contribution in [0.2, 0.25) is 0 Å². The molecule has 25 heavy (non-hydrogen) atoms. The van der Waals surface area contributed by atoms with Gasteiger partial charge in [-0.3, -0.25) is 4.68 Å². The van der Waals surface area contributed by atoms with Crippen LogP contribution < -0.4 is 10.6 Å². The van der Waals surface area contributed by atoms with Crippen LogP contribution >= 0.6 is 0 Å². The highest BCUT2D eigenvalue weighted by molar-refractivity contribution is 5.74. The Labute approximate surface area is 147 Å². The lowest BCUT2D eigenvalue weighted by molar-refractivity contribution is 0.174. The van der Waals surface area contributed by atoms with Gasteiger partial charge < -0.3 is 15.7 Å². The Kier molecular flexibility index (Phi) is 6.00. The lowest BCUT2D eigenvalue weighted by Crippen LogP contribution is -2.45. The number of nitrogens with one attached hydrogen (secondary N) is 2. The van der Waals surface area contributed by atoms with Crippen molar-refractivity contribution in [3.8, 4) is 0 Å². The summed E-state index contributed by atoms with van der Waals surface area (Å²) in [7, 11) is 0. The minimum Gasteiger partial charge on any atom is -0.396 e. The van der Waals surface area contributed by atoms with Crippen LogP contribution in [-0.4, -0.2) is 38.6 Å². The van der Waals surface area contributed by atoms with Crippen molar-refractivity contribution in [2.45, 2.75) is 44.3 Å². The van der Waals surface area contributed by atoms with E-state index in [1.165, 1.54) is 6.33 Å². The van der Waals surface area contributed by atoms with Gasteiger partial charge in [0.25, 0.3) is 0 Å². The van der Waals surface area contributed by atoms with Gasteiger partial charge in [0.2, 0.25) is 0 Å². The largest absolute Gasteiger partial charge is 0.396 e. The normalized spacial score (nSPS) is 21.5. The standard InChI is InChI=1S/C18H25N5O2/c24-11-14-6-8-16(9-7-14)21-18(25)22-17(10-23-13-19-12-20-23)15-4-2-1-3-5-15/h1-5,12-14,16-17,24H,6-11H2,(H2,21,22,25). The van der Waals surface area contributed by atoms with Crippen LogP contribution in [0.1, 0.15) is 37.3 Å². The van der Waals surface area contributed by atoms with Crippen molar-refractivity contribution in [1.29, 1.82) is 0 Å². The van der Waals surface area contributed by atoms with E-state index in [2.05, 4.69) is 20.7 Å². The maximum absolute atomic E-state index is 12.5. The van der Waals surface area contributed by atoms with Gasteiger partial charge in [0.15, 0.2) is 0 Å². The second kappa shape index (κ2) is 8.62.